The zero-order chi connectivity index (χ0) is 14.8. The van der Waals surface area contributed by atoms with Crippen LogP contribution < -0.4 is 0 Å². The molecule has 0 bridgehead atoms. The topological polar surface area (TPSA) is 0 Å². The Labute approximate surface area is 131 Å². The van der Waals surface area contributed by atoms with E-state index in [4.69, 9.17) is 23.2 Å². The molecule has 0 N–H and O–H groups in total. The standard InChI is InChI=1S/C18H20Cl2/c1-18(2,3)15-8-6-14(7-9-15)17(20)12-13-4-10-16(19)11-5-13/h4-11,17H,12H2,1-3H3. The van der Waals surface area contributed by atoms with Gasteiger partial charge in [-0.1, -0.05) is 68.8 Å². The largest absolute Gasteiger partial charge is 0.117 e. The first-order valence-corrected chi connectivity index (χ1v) is 7.66. The van der Waals surface area contributed by atoms with Crippen LogP contribution in [0.5, 0.6) is 0 Å². The van der Waals surface area contributed by atoms with E-state index in [-0.39, 0.29) is 10.8 Å². The maximum absolute atomic E-state index is 6.51. The summed E-state index contributed by atoms with van der Waals surface area (Å²) in [6.07, 6.45) is 0.813. The summed E-state index contributed by atoms with van der Waals surface area (Å²) >= 11 is 12.4. The molecule has 0 saturated carbocycles. The first-order chi connectivity index (χ1) is 9.36. The summed E-state index contributed by atoms with van der Waals surface area (Å²) in [5, 5.41) is 0.750. The third-order valence-corrected chi connectivity index (χ3v) is 4.12. The third-order valence-electron chi connectivity index (χ3n) is 3.47. The van der Waals surface area contributed by atoms with E-state index in [1.54, 1.807) is 0 Å². The van der Waals surface area contributed by atoms with Gasteiger partial charge < -0.3 is 0 Å². The number of benzene rings is 2. The highest BCUT2D eigenvalue weighted by Crippen LogP contribution is 2.28. The van der Waals surface area contributed by atoms with Crippen LogP contribution in [0.4, 0.5) is 0 Å². The van der Waals surface area contributed by atoms with Crippen molar-refractivity contribution in [1.82, 2.24) is 0 Å². The van der Waals surface area contributed by atoms with Gasteiger partial charge in [-0.25, -0.2) is 0 Å². The van der Waals surface area contributed by atoms with Gasteiger partial charge in [0.05, 0.1) is 5.38 Å². The average Bonchev–Trinajstić information content (AvgIpc) is 2.40. The zero-order valence-electron chi connectivity index (χ0n) is 12.2. The van der Waals surface area contributed by atoms with Gasteiger partial charge in [0.2, 0.25) is 0 Å². The maximum Gasteiger partial charge on any atom is 0.0625 e. The molecule has 0 fully saturated rings. The van der Waals surface area contributed by atoms with E-state index < -0.39 is 0 Å². The number of hydrogen-bond acceptors (Lipinski definition) is 0. The van der Waals surface area contributed by atoms with Crippen LogP contribution in [-0.2, 0) is 11.8 Å². The van der Waals surface area contributed by atoms with Crippen molar-refractivity contribution in [2.75, 3.05) is 0 Å². The molecule has 0 amide bonds. The highest BCUT2D eigenvalue weighted by atomic mass is 35.5. The summed E-state index contributed by atoms with van der Waals surface area (Å²) in [5.74, 6) is 0. The van der Waals surface area contributed by atoms with Gasteiger partial charge in [-0.15, -0.1) is 11.6 Å². The van der Waals surface area contributed by atoms with Gasteiger partial charge in [-0.2, -0.15) is 0 Å². The maximum atomic E-state index is 6.51. The van der Waals surface area contributed by atoms with Gasteiger partial charge in [-0.05, 0) is 40.7 Å². The number of rotatable bonds is 3. The quantitative estimate of drug-likeness (QED) is 0.596. The van der Waals surface area contributed by atoms with Crippen molar-refractivity contribution in [3.05, 3.63) is 70.2 Å². The molecule has 1 atom stereocenters. The Morgan fingerprint density at radius 3 is 1.95 bits per heavy atom. The molecule has 0 radical (unpaired) electrons. The first kappa shape index (κ1) is 15.4. The van der Waals surface area contributed by atoms with E-state index in [9.17, 15) is 0 Å². The van der Waals surface area contributed by atoms with Crippen LogP contribution in [0.25, 0.3) is 0 Å². The summed E-state index contributed by atoms with van der Waals surface area (Å²) in [6, 6.07) is 16.5. The fourth-order valence-electron chi connectivity index (χ4n) is 2.14. The molecule has 0 aliphatic rings. The summed E-state index contributed by atoms with van der Waals surface area (Å²) in [7, 11) is 0. The molecular weight excluding hydrogens is 287 g/mol. The van der Waals surface area contributed by atoms with Crippen LogP contribution in [0.1, 0.15) is 42.8 Å². The van der Waals surface area contributed by atoms with E-state index in [2.05, 4.69) is 45.0 Å². The smallest absolute Gasteiger partial charge is 0.0625 e. The molecule has 0 aliphatic heterocycles. The minimum absolute atomic E-state index is 0.00908. The monoisotopic (exact) mass is 306 g/mol. The second-order valence-corrected chi connectivity index (χ2v) is 7.13. The minimum Gasteiger partial charge on any atom is -0.117 e. The SMILES string of the molecule is CC(C)(C)c1ccc(C(Cl)Cc2ccc(Cl)cc2)cc1. The Morgan fingerprint density at radius 2 is 1.45 bits per heavy atom. The molecule has 0 spiro atoms. The van der Waals surface area contributed by atoms with E-state index >= 15 is 0 Å². The van der Waals surface area contributed by atoms with Crippen molar-refractivity contribution in [2.24, 2.45) is 0 Å². The predicted octanol–water partition coefficient (Wildman–Crippen LogP) is 6.16. The van der Waals surface area contributed by atoms with E-state index in [0.717, 1.165) is 17.0 Å². The molecule has 0 saturated heterocycles. The lowest BCUT2D eigenvalue weighted by Gasteiger charge is -2.20. The molecule has 20 heavy (non-hydrogen) atoms. The van der Waals surface area contributed by atoms with Crippen molar-refractivity contribution in [2.45, 2.75) is 38.0 Å². The van der Waals surface area contributed by atoms with Crippen molar-refractivity contribution in [1.29, 1.82) is 0 Å². The number of hydrogen-bond donors (Lipinski definition) is 0. The number of halogens is 2. The van der Waals surface area contributed by atoms with Crippen LogP contribution in [0.3, 0.4) is 0 Å². The highest BCUT2D eigenvalue weighted by molar-refractivity contribution is 6.30. The van der Waals surface area contributed by atoms with Crippen LogP contribution in [0, 0.1) is 0 Å². The van der Waals surface area contributed by atoms with Crippen LogP contribution in [0.2, 0.25) is 5.02 Å². The fraction of sp³-hybridized carbons (Fsp3) is 0.333. The lowest BCUT2D eigenvalue weighted by molar-refractivity contribution is 0.590. The molecule has 2 aromatic carbocycles. The predicted molar refractivity (Wildman–Crippen MR) is 88.9 cm³/mol. The second-order valence-electron chi connectivity index (χ2n) is 6.17. The summed E-state index contributed by atoms with van der Waals surface area (Å²) in [4.78, 5) is 0. The Kier molecular flexibility index (Phi) is 4.78. The lowest BCUT2D eigenvalue weighted by atomic mass is 9.86. The van der Waals surface area contributed by atoms with Crippen molar-refractivity contribution < 1.29 is 0 Å². The summed E-state index contributed by atoms with van der Waals surface area (Å²) in [5.41, 5.74) is 3.87. The molecule has 0 aliphatic carbocycles. The Morgan fingerprint density at radius 1 is 0.900 bits per heavy atom. The van der Waals surface area contributed by atoms with Crippen LogP contribution in [0.15, 0.2) is 48.5 Å². The van der Waals surface area contributed by atoms with E-state index in [1.807, 2.05) is 24.3 Å². The van der Waals surface area contributed by atoms with Gasteiger partial charge in [-0.3, -0.25) is 0 Å². The Balaban J connectivity index is 2.09. The molecule has 0 heterocycles. The first-order valence-electron chi connectivity index (χ1n) is 6.85. The Hall–Kier alpha value is -0.980. The fourth-order valence-corrected chi connectivity index (χ4v) is 2.59. The molecule has 2 aromatic rings. The molecule has 0 nitrogen and oxygen atoms in total. The Bertz CT molecular complexity index is 547. The molecule has 2 rings (SSSR count). The van der Waals surface area contributed by atoms with Gasteiger partial charge in [0, 0.05) is 5.02 Å². The lowest BCUT2D eigenvalue weighted by Crippen LogP contribution is -2.10. The van der Waals surface area contributed by atoms with Gasteiger partial charge in [0.1, 0.15) is 0 Å². The summed E-state index contributed by atoms with van der Waals surface area (Å²) in [6.45, 7) is 6.65. The van der Waals surface area contributed by atoms with Gasteiger partial charge in [0.25, 0.3) is 0 Å². The van der Waals surface area contributed by atoms with E-state index in [1.165, 1.54) is 11.1 Å². The van der Waals surface area contributed by atoms with Crippen LogP contribution >= 0.6 is 23.2 Å². The molecule has 106 valence electrons. The molecule has 2 heteroatoms. The third kappa shape index (κ3) is 4.01. The van der Waals surface area contributed by atoms with Crippen molar-refractivity contribution in [3.63, 3.8) is 0 Å². The highest BCUT2D eigenvalue weighted by Gasteiger charge is 2.15. The average molecular weight is 307 g/mol. The van der Waals surface area contributed by atoms with Crippen LogP contribution in [-0.4, -0.2) is 0 Å². The second kappa shape index (κ2) is 6.20. The van der Waals surface area contributed by atoms with Gasteiger partial charge in [0.15, 0.2) is 0 Å². The van der Waals surface area contributed by atoms with Gasteiger partial charge >= 0.3 is 0 Å². The molecular formula is C18H20Cl2. The summed E-state index contributed by atoms with van der Waals surface area (Å²) < 4.78 is 0. The van der Waals surface area contributed by atoms with Crippen molar-refractivity contribution >= 4 is 23.2 Å². The minimum atomic E-state index is -0.00908. The number of alkyl halides is 1. The zero-order valence-corrected chi connectivity index (χ0v) is 13.7. The van der Waals surface area contributed by atoms with E-state index in [0.29, 0.717) is 0 Å². The van der Waals surface area contributed by atoms with Crippen molar-refractivity contribution in [3.8, 4) is 0 Å². The normalized spacial score (nSPS) is 13.2. The molecule has 1 unspecified atom stereocenters. The molecule has 0 aromatic heterocycles.